The Morgan fingerprint density at radius 1 is 1.50 bits per heavy atom. The van der Waals surface area contributed by atoms with Crippen molar-refractivity contribution >= 4 is 34.1 Å². The first-order chi connectivity index (χ1) is 11.4. The first kappa shape index (κ1) is 16.8. The third kappa shape index (κ3) is 3.11. The minimum absolute atomic E-state index is 0.0669. The van der Waals surface area contributed by atoms with Crippen LogP contribution < -0.4 is 11.1 Å². The standard InChI is InChI=1S/C17H17ClN4OS/c1-3-17(2,11-4-6-12(18)7-5-11)14-10-24-15(20-14)21-16(23)22-8-13(19)9-22/h1,4-7,10,13H,8-9,19H2,2H3,(H,20,21,23). The maximum atomic E-state index is 12.0. The zero-order chi connectivity index (χ0) is 17.3. The Balaban J connectivity index is 1.79. The van der Waals surface area contributed by atoms with Gasteiger partial charge in [0.1, 0.15) is 0 Å². The van der Waals surface area contributed by atoms with Crippen LogP contribution in [0.2, 0.25) is 5.02 Å². The molecule has 5 nitrogen and oxygen atoms in total. The van der Waals surface area contributed by atoms with Crippen molar-refractivity contribution in [2.24, 2.45) is 5.73 Å². The van der Waals surface area contributed by atoms with Crippen LogP contribution >= 0.6 is 22.9 Å². The highest BCUT2D eigenvalue weighted by Gasteiger charge is 2.31. The summed E-state index contributed by atoms with van der Waals surface area (Å²) in [6.07, 6.45) is 5.79. The van der Waals surface area contributed by atoms with Gasteiger partial charge in [0.2, 0.25) is 0 Å². The number of carbonyl (C=O) groups excluding carboxylic acids is 1. The molecule has 1 unspecified atom stereocenters. The first-order valence-corrected chi connectivity index (χ1v) is 8.69. The van der Waals surface area contributed by atoms with Crippen molar-refractivity contribution in [2.75, 3.05) is 18.4 Å². The largest absolute Gasteiger partial charge is 0.325 e. The molecule has 3 rings (SSSR count). The number of nitrogens with zero attached hydrogens (tertiary/aromatic N) is 2. The second-order valence-corrected chi connectivity index (χ2v) is 7.20. The van der Waals surface area contributed by atoms with Crippen molar-refractivity contribution in [1.82, 2.24) is 9.88 Å². The van der Waals surface area contributed by atoms with Crippen LogP contribution in [0.5, 0.6) is 0 Å². The number of nitrogens with one attached hydrogen (secondary N) is 1. The predicted octanol–water partition coefficient (Wildman–Crippen LogP) is 2.91. The lowest BCUT2D eigenvalue weighted by Gasteiger charge is -2.36. The van der Waals surface area contributed by atoms with Crippen LogP contribution in [-0.2, 0) is 5.41 Å². The smallest absolute Gasteiger partial charge is 0.323 e. The van der Waals surface area contributed by atoms with Crippen LogP contribution in [0.15, 0.2) is 29.6 Å². The molecule has 0 bridgehead atoms. The Morgan fingerprint density at radius 3 is 2.75 bits per heavy atom. The molecule has 1 fully saturated rings. The van der Waals surface area contributed by atoms with E-state index < -0.39 is 5.41 Å². The molecule has 0 spiro atoms. The van der Waals surface area contributed by atoms with Crippen molar-refractivity contribution in [3.8, 4) is 12.3 Å². The van der Waals surface area contributed by atoms with E-state index in [2.05, 4.69) is 16.2 Å². The Morgan fingerprint density at radius 2 is 2.17 bits per heavy atom. The summed E-state index contributed by atoms with van der Waals surface area (Å²) < 4.78 is 0. The fraction of sp³-hybridized carbons (Fsp3) is 0.294. The summed E-state index contributed by atoms with van der Waals surface area (Å²) in [4.78, 5) is 18.2. The van der Waals surface area contributed by atoms with Crippen molar-refractivity contribution in [3.63, 3.8) is 0 Å². The number of rotatable bonds is 3. The Labute approximate surface area is 149 Å². The van der Waals surface area contributed by atoms with Crippen LogP contribution in [-0.4, -0.2) is 35.0 Å². The minimum Gasteiger partial charge on any atom is -0.325 e. The monoisotopic (exact) mass is 360 g/mol. The molecule has 3 N–H and O–H groups in total. The van der Waals surface area contributed by atoms with E-state index in [0.29, 0.717) is 28.9 Å². The molecular formula is C17H17ClN4OS. The van der Waals surface area contributed by atoms with E-state index in [1.807, 2.05) is 24.4 Å². The zero-order valence-corrected chi connectivity index (χ0v) is 14.7. The number of likely N-dealkylation sites (tertiary alicyclic amines) is 1. The second kappa shape index (κ2) is 6.44. The van der Waals surface area contributed by atoms with E-state index in [1.54, 1.807) is 17.0 Å². The lowest BCUT2D eigenvalue weighted by molar-refractivity contribution is 0.165. The summed E-state index contributed by atoms with van der Waals surface area (Å²) >= 11 is 7.29. The highest BCUT2D eigenvalue weighted by Crippen LogP contribution is 2.34. The summed E-state index contributed by atoms with van der Waals surface area (Å²) in [6, 6.07) is 7.26. The molecule has 1 aliphatic rings. The van der Waals surface area contributed by atoms with E-state index in [4.69, 9.17) is 23.8 Å². The van der Waals surface area contributed by atoms with Gasteiger partial charge in [-0.2, -0.15) is 0 Å². The number of benzene rings is 1. The molecule has 2 aromatic rings. The summed E-state index contributed by atoms with van der Waals surface area (Å²) in [7, 11) is 0. The molecule has 1 aliphatic heterocycles. The van der Waals surface area contributed by atoms with Crippen LogP contribution in [0, 0.1) is 12.3 Å². The minimum atomic E-state index is -0.691. The summed E-state index contributed by atoms with van der Waals surface area (Å²) in [5, 5.41) is 5.83. The highest BCUT2D eigenvalue weighted by atomic mass is 35.5. The highest BCUT2D eigenvalue weighted by molar-refractivity contribution is 7.14. The number of amides is 2. The SMILES string of the molecule is C#CC(C)(c1ccc(Cl)cc1)c1csc(NC(=O)N2CC(N)C2)n1. The third-order valence-corrected chi connectivity index (χ3v) is 5.15. The van der Waals surface area contributed by atoms with E-state index in [-0.39, 0.29) is 12.1 Å². The number of halogens is 1. The maximum Gasteiger partial charge on any atom is 0.323 e. The molecule has 0 aliphatic carbocycles. The van der Waals surface area contributed by atoms with E-state index in [1.165, 1.54) is 11.3 Å². The van der Waals surface area contributed by atoms with Gasteiger partial charge in [-0.15, -0.1) is 17.8 Å². The molecule has 2 heterocycles. The number of nitrogens with two attached hydrogens (primary N) is 1. The average Bonchev–Trinajstić information content (AvgIpc) is 3.00. The quantitative estimate of drug-likeness (QED) is 0.827. The number of hydrogen-bond acceptors (Lipinski definition) is 4. The second-order valence-electron chi connectivity index (χ2n) is 5.91. The van der Waals surface area contributed by atoms with Crippen LogP contribution in [0.3, 0.4) is 0 Å². The Hall–Kier alpha value is -2.07. The molecule has 0 radical (unpaired) electrons. The summed E-state index contributed by atoms with van der Waals surface area (Å²) in [6.45, 7) is 3.05. The number of terminal acetylenes is 1. The first-order valence-electron chi connectivity index (χ1n) is 7.43. The van der Waals surface area contributed by atoms with E-state index >= 15 is 0 Å². The normalized spacial score (nSPS) is 16.8. The van der Waals surface area contributed by atoms with Gasteiger partial charge in [0, 0.05) is 29.5 Å². The third-order valence-electron chi connectivity index (χ3n) is 4.14. The molecule has 24 heavy (non-hydrogen) atoms. The fourth-order valence-corrected chi connectivity index (χ4v) is 3.43. The molecule has 1 aromatic heterocycles. The van der Waals surface area contributed by atoms with E-state index in [0.717, 1.165) is 5.56 Å². The summed E-state index contributed by atoms with van der Waals surface area (Å²) in [5.74, 6) is 2.81. The summed E-state index contributed by atoms with van der Waals surface area (Å²) in [5.41, 5.74) is 6.63. The average molecular weight is 361 g/mol. The van der Waals surface area contributed by atoms with Gasteiger partial charge in [-0.05, 0) is 24.6 Å². The predicted molar refractivity (Wildman–Crippen MR) is 97.4 cm³/mol. The zero-order valence-electron chi connectivity index (χ0n) is 13.1. The van der Waals surface area contributed by atoms with Crippen LogP contribution in [0.1, 0.15) is 18.2 Å². The lowest BCUT2D eigenvalue weighted by Crippen LogP contribution is -2.58. The van der Waals surface area contributed by atoms with Gasteiger partial charge in [0.15, 0.2) is 5.13 Å². The van der Waals surface area contributed by atoms with Gasteiger partial charge in [-0.1, -0.05) is 29.7 Å². The van der Waals surface area contributed by atoms with Crippen molar-refractivity contribution in [1.29, 1.82) is 0 Å². The van der Waals surface area contributed by atoms with Gasteiger partial charge in [-0.25, -0.2) is 9.78 Å². The number of carbonyl (C=O) groups is 1. The Kier molecular flexibility index (Phi) is 4.50. The molecule has 124 valence electrons. The van der Waals surface area contributed by atoms with Gasteiger partial charge >= 0.3 is 6.03 Å². The Bertz CT molecular complexity index is 792. The topological polar surface area (TPSA) is 71.2 Å². The molecule has 0 saturated carbocycles. The number of thiazole rings is 1. The number of urea groups is 1. The van der Waals surface area contributed by atoms with Gasteiger partial charge in [0.05, 0.1) is 11.1 Å². The molecule has 2 amide bonds. The fourth-order valence-electron chi connectivity index (χ4n) is 2.50. The van der Waals surface area contributed by atoms with Crippen LogP contribution in [0.25, 0.3) is 0 Å². The molecule has 1 aromatic carbocycles. The molecule has 1 atom stereocenters. The van der Waals surface area contributed by atoms with Gasteiger partial charge in [0.25, 0.3) is 0 Å². The van der Waals surface area contributed by atoms with Gasteiger partial charge < -0.3 is 10.6 Å². The van der Waals surface area contributed by atoms with E-state index in [9.17, 15) is 4.79 Å². The van der Waals surface area contributed by atoms with Crippen molar-refractivity contribution < 1.29 is 4.79 Å². The number of anilines is 1. The molecular weight excluding hydrogens is 344 g/mol. The van der Waals surface area contributed by atoms with Gasteiger partial charge in [-0.3, -0.25) is 5.32 Å². The van der Waals surface area contributed by atoms with Crippen LogP contribution in [0.4, 0.5) is 9.93 Å². The number of aromatic nitrogens is 1. The lowest BCUT2D eigenvalue weighted by atomic mass is 9.81. The molecule has 1 saturated heterocycles. The van der Waals surface area contributed by atoms with Crippen molar-refractivity contribution in [2.45, 2.75) is 18.4 Å². The maximum absolute atomic E-state index is 12.0. The molecule has 7 heteroatoms. The van der Waals surface area contributed by atoms with Crippen molar-refractivity contribution in [3.05, 3.63) is 45.9 Å². The number of hydrogen-bond donors (Lipinski definition) is 2.